The van der Waals surface area contributed by atoms with Gasteiger partial charge in [0, 0.05) is 5.54 Å². The molecule has 1 heteroatoms. The first-order chi connectivity index (χ1) is 6.17. The van der Waals surface area contributed by atoms with Crippen molar-refractivity contribution in [1.29, 1.82) is 0 Å². The van der Waals surface area contributed by atoms with Gasteiger partial charge in [-0.05, 0) is 55.8 Å². The van der Waals surface area contributed by atoms with E-state index in [2.05, 4.69) is 6.92 Å². The summed E-state index contributed by atoms with van der Waals surface area (Å²) in [5, 5.41) is 0. The van der Waals surface area contributed by atoms with Crippen molar-refractivity contribution in [2.24, 2.45) is 29.4 Å². The standard InChI is InChI=1S/C12H21N/c1-8-6-12(8,13)7-11-5-9-2-3-10(11)4-9/h8-11H,2-7,13H2,1H3. The quantitative estimate of drug-likeness (QED) is 0.692. The van der Waals surface area contributed by atoms with Crippen molar-refractivity contribution in [2.75, 3.05) is 0 Å². The highest BCUT2D eigenvalue weighted by Crippen LogP contribution is 2.55. The number of hydrogen-bond donors (Lipinski definition) is 1. The van der Waals surface area contributed by atoms with Crippen LogP contribution in [0.25, 0.3) is 0 Å². The number of hydrogen-bond acceptors (Lipinski definition) is 1. The largest absolute Gasteiger partial charge is 0.325 e. The second-order valence-electron chi connectivity index (χ2n) is 5.98. The molecule has 0 aromatic carbocycles. The summed E-state index contributed by atoms with van der Waals surface area (Å²) in [5.41, 5.74) is 6.57. The summed E-state index contributed by atoms with van der Waals surface area (Å²) in [5.74, 6) is 3.98. The zero-order valence-electron chi connectivity index (χ0n) is 8.63. The number of nitrogens with two attached hydrogens (primary N) is 1. The molecule has 5 atom stereocenters. The van der Waals surface area contributed by atoms with Crippen molar-refractivity contribution in [1.82, 2.24) is 0 Å². The number of fused-ring (bicyclic) bond motifs is 2. The van der Waals surface area contributed by atoms with E-state index >= 15 is 0 Å². The van der Waals surface area contributed by atoms with Crippen LogP contribution in [0.3, 0.4) is 0 Å². The molecule has 3 fully saturated rings. The molecule has 3 aliphatic rings. The molecule has 3 rings (SSSR count). The molecule has 13 heavy (non-hydrogen) atoms. The van der Waals surface area contributed by atoms with Gasteiger partial charge in [-0.2, -0.15) is 0 Å². The average molecular weight is 179 g/mol. The van der Waals surface area contributed by atoms with Crippen LogP contribution in [0.1, 0.15) is 45.4 Å². The van der Waals surface area contributed by atoms with E-state index in [1.807, 2.05) is 0 Å². The van der Waals surface area contributed by atoms with Gasteiger partial charge in [0.05, 0.1) is 0 Å². The number of rotatable bonds is 2. The summed E-state index contributed by atoms with van der Waals surface area (Å²) in [7, 11) is 0. The molecular formula is C12H21N. The third-order valence-electron chi connectivity index (χ3n) is 5.03. The smallest absolute Gasteiger partial charge is 0.0186 e. The minimum Gasteiger partial charge on any atom is -0.325 e. The first-order valence-electron chi connectivity index (χ1n) is 5.96. The molecule has 0 aliphatic heterocycles. The Bertz CT molecular complexity index is 225. The van der Waals surface area contributed by atoms with Crippen LogP contribution in [-0.4, -0.2) is 5.54 Å². The first kappa shape index (κ1) is 8.28. The molecule has 2 bridgehead atoms. The zero-order chi connectivity index (χ0) is 9.05. The molecule has 0 heterocycles. The predicted octanol–water partition coefficient (Wildman–Crippen LogP) is 2.55. The molecule has 0 aromatic heterocycles. The van der Waals surface area contributed by atoms with Gasteiger partial charge in [-0.25, -0.2) is 0 Å². The van der Waals surface area contributed by atoms with Crippen molar-refractivity contribution in [3.63, 3.8) is 0 Å². The zero-order valence-corrected chi connectivity index (χ0v) is 8.63. The Balaban J connectivity index is 1.62. The van der Waals surface area contributed by atoms with E-state index in [0.717, 1.165) is 23.7 Å². The van der Waals surface area contributed by atoms with Gasteiger partial charge in [-0.3, -0.25) is 0 Å². The van der Waals surface area contributed by atoms with E-state index in [1.54, 1.807) is 0 Å². The summed E-state index contributed by atoms with van der Waals surface area (Å²) in [6.07, 6.45) is 8.72. The molecule has 1 nitrogen and oxygen atoms in total. The molecule has 5 unspecified atom stereocenters. The lowest BCUT2D eigenvalue weighted by Gasteiger charge is -2.25. The lowest BCUT2D eigenvalue weighted by atomic mass is 9.83. The Labute approximate surface area is 81.1 Å². The second-order valence-corrected chi connectivity index (χ2v) is 5.98. The van der Waals surface area contributed by atoms with Crippen LogP contribution in [-0.2, 0) is 0 Å². The molecule has 74 valence electrons. The Kier molecular flexibility index (Phi) is 1.59. The van der Waals surface area contributed by atoms with Gasteiger partial charge >= 0.3 is 0 Å². The summed E-state index contributed by atoms with van der Waals surface area (Å²) in [4.78, 5) is 0. The molecule has 0 spiro atoms. The van der Waals surface area contributed by atoms with Crippen LogP contribution in [0.2, 0.25) is 0 Å². The maximum atomic E-state index is 6.30. The second kappa shape index (κ2) is 2.50. The first-order valence-corrected chi connectivity index (χ1v) is 5.96. The van der Waals surface area contributed by atoms with Gasteiger partial charge in [0.1, 0.15) is 0 Å². The van der Waals surface area contributed by atoms with Gasteiger partial charge < -0.3 is 5.73 Å². The molecule has 0 aromatic rings. The lowest BCUT2D eigenvalue weighted by Crippen LogP contribution is -2.29. The van der Waals surface area contributed by atoms with E-state index < -0.39 is 0 Å². The van der Waals surface area contributed by atoms with E-state index in [0.29, 0.717) is 0 Å². The van der Waals surface area contributed by atoms with Gasteiger partial charge in [-0.15, -0.1) is 0 Å². The van der Waals surface area contributed by atoms with Crippen molar-refractivity contribution >= 4 is 0 Å². The van der Waals surface area contributed by atoms with Crippen LogP contribution in [0.15, 0.2) is 0 Å². The van der Waals surface area contributed by atoms with Crippen LogP contribution < -0.4 is 5.73 Å². The molecule has 3 aliphatic carbocycles. The normalized spacial score (nSPS) is 58.6. The SMILES string of the molecule is CC1CC1(N)CC1CC2CCC1C2. The molecule has 2 N–H and O–H groups in total. The van der Waals surface area contributed by atoms with Gasteiger partial charge in [0.25, 0.3) is 0 Å². The highest BCUT2D eigenvalue weighted by molar-refractivity contribution is 5.08. The van der Waals surface area contributed by atoms with Crippen molar-refractivity contribution in [3.8, 4) is 0 Å². The van der Waals surface area contributed by atoms with Crippen molar-refractivity contribution in [2.45, 2.75) is 51.0 Å². The molecule has 0 radical (unpaired) electrons. The Hall–Kier alpha value is -0.0400. The van der Waals surface area contributed by atoms with Crippen LogP contribution in [0, 0.1) is 23.7 Å². The van der Waals surface area contributed by atoms with Crippen molar-refractivity contribution < 1.29 is 0 Å². The Morgan fingerprint density at radius 3 is 2.54 bits per heavy atom. The predicted molar refractivity (Wildman–Crippen MR) is 54.3 cm³/mol. The van der Waals surface area contributed by atoms with Crippen LogP contribution in [0.5, 0.6) is 0 Å². The van der Waals surface area contributed by atoms with Gasteiger partial charge in [0.15, 0.2) is 0 Å². The van der Waals surface area contributed by atoms with Crippen LogP contribution >= 0.6 is 0 Å². The molecule has 3 saturated carbocycles. The summed E-state index contributed by atoms with van der Waals surface area (Å²) in [6, 6.07) is 0. The highest BCUT2D eigenvalue weighted by Gasteiger charge is 2.51. The van der Waals surface area contributed by atoms with Gasteiger partial charge in [0.2, 0.25) is 0 Å². The monoisotopic (exact) mass is 179 g/mol. The highest BCUT2D eigenvalue weighted by atomic mass is 14.9. The Morgan fingerprint density at radius 2 is 2.08 bits per heavy atom. The van der Waals surface area contributed by atoms with E-state index in [9.17, 15) is 0 Å². The molecular weight excluding hydrogens is 158 g/mol. The van der Waals surface area contributed by atoms with Crippen molar-refractivity contribution in [3.05, 3.63) is 0 Å². The average Bonchev–Trinajstić information content (AvgIpc) is 2.56. The maximum absolute atomic E-state index is 6.30. The van der Waals surface area contributed by atoms with E-state index in [4.69, 9.17) is 5.73 Å². The topological polar surface area (TPSA) is 26.0 Å². The maximum Gasteiger partial charge on any atom is 0.0186 e. The van der Waals surface area contributed by atoms with Gasteiger partial charge in [-0.1, -0.05) is 13.3 Å². The fourth-order valence-corrected chi connectivity index (χ4v) is 3.91. The summed E-state index contributed by atoms with van der Waals surface area (Å²) in [6.45, 7) is 2.31. The lowest BCUT2D eigenvalue weighted by molar-refractivity contribution is 0.283. The third-order valence-corrected chi connectivity index (χ3v) is 5.03. The van der Waals surface area contributed by atoms with Crippen LogP contribution in [0.4, 0.5) is 0 Å². The summed E-state index contributed by atoms with van der Waals surface area (Å²) < 4.78 is 0. The fraction of sp³-hybridized carbons (Fsp3) is 1.00. The minimum absolute atomic E-state index is 0.273. The molecule has 0 saturated heterocycles. The van der Waals surface area contributed by atoms with E-state index in [1.165, 1.54) is 38.5 Å². The molecule has 0 amide bonds. The fourth-order valence-electron chi connectivity index (χ4n) is 3.91. The van der Waals surface area contributed by atoms with E-state index in [-0.39, 0.29) is 5.54 Å². The minimum atomic E-state index is 0.273. The Morgan fingerprint density at radius 1 is 1.31 bits per heavy atom. The summed E-state index contributed by atoms with van der Waals surface area (Å²) >= 11 is 0. The third kappa shape index (κ3) is 1.24.